The number of carbonyl (C=O) groups is 1. The van der Waals surface area contributed by atoms with Crippen LogP contribution in [0.25, 0.3) is 6.08 Å². The van der Waals surface area contributed by atoms with Gasteiger partial charge in [-0.1, -0.05) is 18.2 Å². The van der Waals surface area contributed by atoms with E-state index >= 15 is 0 Å². The minimum atomic E-state index is -3.63. The van der Waals surface area contributed by atoms with E-state index in [1.807, 2.05) is 0 Å². The van der Waals surface area contributed by atoms with E-state index in [9.17, 15) is 22.0 Å². The SMILES string of the molecule is COc1cc(/C=C2/CS(=O)(=O)c3ccccc3C2=O)ccc1OC(F)F. The Bertz CT molecular complexity index is 996. The van der Waals surface area contributed by atoms with Crippen molar-refractivity contribution in [3.8, 4) is 11.5 Å². The van der Waals surface area contributed by atoms with Gasteiger partial charge < -0.3 is 9.47 Å². The predicted molar refractivity (Wildman–Crippen MR) is 90.4 cm³/mol. The van der Waals surface area contributed by atoms with Gasteiger partial charge in [-0.05, 0) is 35.9 Å². The van der Waals surface area contributed by atoms with Crippen LogP contribution in [0, 0.1) is 0 Å². The predicted octanol–water partition coefficient (Wildman–Crippen LogP) is 3.35. The minimum absolute atomic E-state index is 0.0143. The summed E-state index contributed by atoms with van der Waals surface area (Å²) in [6, 6.07) is 10.1. The van der Waals surface area contributed by atoms with Crippen LogP contribution in [-0.2, 0) is 9.84 Å². The van der Waals surface area contributed by atoms with Crippen molar-refractivity contribution in [3.63, 3.8) is 0 Å². The molecular weight excluding hydrogens is 366 g/mol. The van der Waals surface area contributed by atoms with Crippen LogP contribution in [0.1, 0.15) is 15.9 Å². The fourth-order valence-electron chi connectivity index (χ4n) is 2.72. The summed E-state index contributed by atoms with van der Waals surface area (Å²) >= 11 is 0. The van der Waals surface area contributed by atoms with Crippen LogP contribution in [-0.4, -0.2) is 33.7 Å². The number of methoxy groups -OCH3 is 1. The second-order valence-corrected chi connectivity index (χ2v) is 7.50. The molecule has 0 aromatic heterocycles. The van der Waals surface area contributed by atoms with Crippen LogP contribution in [0.5, 0.6) is 11.5 Å². The molecule has 0 aliphatic carbocycles. The van der Waals surface area contributed by atoms with E-state index in [0.717, 1.165) is 0 Å². The molecule has 0 amide bonds. The van der Waals surface area contributed by atoms with Gasteiger partial charge in [0.15, 0.2) is 27.1 Å². The van der Waals surface area contributed by atoms with Gasteiger partial charge in [0.05, 0.1) is 17.8 Å². The van der Waals surface area contributed by atoms with Crippen molar-refractivity contribution in [2.24, 2.45) is 0 Å². The molecule has 136 valence electrons. The lowest BCUT2D eigenvalue weighted by Gasteiger charge is -2.18. The molecule has 0 bridgehead atoms. The van der Waals surface area contributed by atoms with Gasteiger partial charge in [-0.25, -0.2) is 8.42 Å². The average Bonchev–Trinajstić information content (AvgIpc) is 2.60. The molecule has 1 aliphatic rings. The van der Waals surface area contributed by atoms with Gasteiger partial charge in [0, 0.05) is 11.1 Å². The maximum atomic E-state index is 12.6. The number of hydrogen-bond acceptors (Lipinski definition) is 5. The first-order valence-corrected chi connectivity index (χ1v) is 9.17. The smallest absolute Gasteiger partial charge is 0.387 e. The second kappa shape index (κ2) is 6.87. The molecule has 26 heavy (non-hydrogen) atoms. The van der Waals surface area contributed by atoms with Crippen molar-refractivity contribution in [2.75, 3.05) is 12.9 Å². The minimum Gasteiger partial charge on any atom is -0.493 e. The summed E-state index contributed by atoms with van der Waals surface area (Å²) in [7, 11) is -2.34. The summed E-state index contributed by atoms with van der Waals surface area (Å²) in [5.41, 5.74) is 0.643. The van der Waals surface area contributed by atoms with Gasteiger partial charge in [0.2, 0.25) is 0 Å². The molecule has 5 nitrogen and oxygen atoms in total. The number of alkyl halides is 2. The van der Waals surface area contributed by atoms with Gasteiger partial charge in [0.1, 0.15) is 0 Å². The van der Waals surface area contributed by atoms with E-state index in [-0.39, 0.29) is 33.3 Å². The zero-order valence-electron chi connectivity index (χ0n) is 13.6. The first-order valence-electron chi connectivity index (χ1n) is 7.52. The molecule has 8 heteroatoms. The average molecular weight is 380 g/mol. The van der Waals surface area contributed by atoms with Crippen molar-refractivity contribution in [1.82, 2.24) is 0 Å². The number of fused-ring (bicyclic) bond motifs is 1. The van der Waals surface area contributed by atoms with E-state index < -0.39 is 22.2 Å². The highest BCUT2D eigenvalue weighted by molar-refractivity contribution is 7.91. The first kappa shape index (κ1) is 18.1. The maximum absolute atomic E-state index is 12.6. The third-order valence-corrected chi connectivity index (χ3v) is 5.57. The third kappa shape index (κ3) is 3.45. The Balaban J connectivity index is 2.02. The largest absolute Gasteiger partial charge is 0.493 e. The highest BCUT2D eigenvalue weighted by Gasteiger charge is 2.32. The maximum Gasteiger partial charge on any atom is 0.387 e. The Morgan fingerprint density at radius 2 is 1.85 bits per heavy atom. The molecule has 0 saturated carbocycles. The van der Waals surface area contributed by atoms with Gasteiger partial charge >= 0.3 is 6.61 Å². The van der Waals surface area contributed by atoms with Crippen LogP contribution < -0.4 is 9.47 Å². The van der Waals surface area contributed by atoms with E-state index in [4.69, 9.17) is 4.74 Å². The van der Waals surface area contributed by atoms with Crippen molar-refractivity contribution >= 4 is 21.7 Å². The molecule has 0 N–H and O–H groups in total. The molecule has 0 saturated heterocycles. The molecule has 1 heterocycles. The molecule has 1 aliphatic heterocycles. The number of sulfone groups is 1. The molecular formula is C18H14F2O5S. The molecule has 2 aromatic carbocycles. The zero-order valence-corrected chi connectivity index (χ0v) is 14.4. The molecule has 0 fully saturated rings. The third-order valence-electron chi connectivity index (χ3n) is 3.85. The summed E-state index contributed by atoms with van der Waals surface area (Å²) < 4.78 is 58.9. The number of ketones is 1. The molecule has 0 spiro atoms. The van der Waals surface area contributed by atoms with Gasteiger partial charge in [-0.3, -0.25) is 4.79 Å². The Kier molecular flexibility index (Phi) is 4.78. The Morgan fingerprint density at radius 3 is 2.54 bits per heavy atom. The summed E-state index contributed by atoms with van der Waals surface area (Å²) in [6.07, 6.45) is 1.41. The number of ether oxygens (including phenoxy) is 2. The Hall–Kier alpha value is -2.74. The standard InChI is InChI=1S/C18H14F2O5S/c1-24-15-9-11(6-7-14(15)25-18(19)20)8-12-10-26(22,23)16-5-3-2-4-13(16)17(12)21/h2-9,18H,10H2,1H3/b12-8-. The van der Waals surface area contributed by atoms with Crippen molar-refractivity contribution in [1.29, 1.82) is 0 Å². The molecule has 0 unspecified atom stereocenters. The van der Waals surface area contributed by atoms with E-state index in [1.54, 1.807) is 12.1 Å². The van der Waals surface area contributed by atoms with Gasteiger partial charge in [-0.2, -0.15) is 8.78 Å². The molecule has 2 aromatic rings. The van der Waals surface area contributed by atoms with Crippen LogP contribution in [0.2, 0.25) is 0 Å². The normalized spacial score (nSPS) is 17.2. The van der Waals surface area contributed by atoms with Crippen molar-refractivity contribution < 1.29 is 31.5 Å². The van der Waals surface area contributed by atoms with Gasteiger partial charge in [-0.15, -0.1) is 0 Å². The zero-order chi connectivity index (χ0) is 18.9. The fourth-order valence-corrected chi connectivity index (χ4v) is 4.28. The lowest BCUT2D eigenvalue weighted by atomic mass is 10.0. The monoisotopic (exact) mass is 380 g/mol. The number of rotatable bonds is 4. The number of halogens is 2. The lowest BCUT2D eigenvalue weighted by molar-refractivity contribution is -0.0512. The number of Topliss-reactive ketones (excluding diaryl/α,β-unsaturated/α-hetero) is 1. The summed E-state index contributed by atoms with van der Waals surface area (Å²) in [5.74, 6) is -0.925. The van der Waals surface area contributed by atoms with Crippen molar-refractivity contribution in [3.05, 3.63) is 59.2 Å². The van der Waals surface area contributed by atoms with Crippen LogP contribution >= 0.6 is 0 Å². The highest BCUT2D eigenvalue weighted by Crippen LogP contribution is 2.32. The second-order valence-electron chi connectivity index (χ2n) is 5.54. The summed E-state index contributed by atoms with van der Waals surface area (Å²) in [5, 5.41) is 0. The lowest BCUT2D eigenvalue weighted by Crippen LogP contribution is -2.24. The number of hydrogen-bond donors (Lipinski definition) is 0. The quantitative estimate of drug-likeness (QED) is 0.761. The van der Waals surface area contributed by atoms with E-state index in [1.165, 1.54) is 43.5 Å². The number of carbonyl (C=O) groups excluding carboxylic acids is 1. The van der Waals surface area contributed by atoms with Crippen LogP contribution in [0.15, 0.2) is 52.9 Å². The fraction of sp³-hybridized carbons (Fsp3) is 0.167. The van der Waals surface area contributed by atoms with E-state index in [0.29, 0.717) is 5.56 Å². The van der Waals surface area contributed by atoms with Crippen LogP contribution in [0.3, 0.4) is 0 Å². The molecule has 0 radical (unpaired) electrons. The summed E-state index contributed by atoms with van der Waals surface area (Å²) in [6.45, 7) is -3.00. The Labute approximate surface area is 148 Å². The Morgan fingerprint density at radius 1 is 1.12 bits per heavy atom. The highest BCUT2D eigenvalue weighted by atomic mass is 32.2. The number of benzene rings is 2. The van der Waals surface area contributed by atoms with Gasteiger partial charge in [0.25, 0.3) is 0 Å². The topological polar surface area (TPSA) is 69.7 Å². The van der Waals surface area contributed by atoms with Crippen molar-refractivity contribution in [2.45, 2.75) is 11.5 Å². The summed E-state index contributed by atoms with van der Waals surface area (Å²) in [4.78, 5) is 12.6. The molecule has 3 rings (SSSR count). The first-order chi connectivity index (χ1) is 12.3. The molecule has 0 atom stereocenters. The van der Waals surface area contributed by atoms with Crippen LogP contribution in [0.4, 0.5) is 8.78 Å². The van der Waals surface area contributed by atoms with E-state index in [2.05, 4.69) is 4.74 Å².